The maximum atomic E-state index is 12.9. The molecule has 2 unspecified atom stereocenters. The lowest BCUT2D eigenvalue weighted by molar-refractivity contribution is -0.139. The van der Waals surface area contributed by atoms with Crippen molar-refractivity contribution in [2.24, 2.45) is 5.92 Å². The summed E-state index contributed by atoms with van der Waals surface area (Å²) in [6.07, 6.45) is 8.17. The second-order valence-corrected chi connectivity index (χ2v) is 8.09. The Balaban J connectivity index is 1.37. The molecule has 1 aromatic heterocycles. The largest absolute Gasteiger partial charge is 0.381 e. The highest BCUT2D eigenvalue weighted by molar-refractivity contribution is 5.79. The summed E-state index contributed by atoms with van der Waals surface area (Å²) in [5.74, 6) is 0.921. The minimum Gasteiger partial charge on any atom is -0.381 e. The molecular formula is C20H29N3O3. The molecule has 0 bridgehead atoms. The zero-order valence-corrected chi connectivity index (χ0v) is 15.6. The van der Waals surface area contributed by atoms with E-state index < -0.39 is 0 Å². The molecule has 3 aliphatic rings. The van der Waals surface area contributed by atoms with Gasteiger partial charge in [0.2, 0.25) is 5.91 Å². The third-order valence-electron chi connectivity index (χ3n) is 6.27. The van der Waals surface area contributed by atoms with Crippen molar-refractivity contribution in [3.8, 4) is 0 Å². The van der Waals surface area contributed by atoms with Gasteiger partial charge in [0, 0.05) is 38.1 Å². The maximum Gasteiger partial charge on any atom is 0.267 e. The zero-order valence-electron chi connectivity index (χ0n) is 15.6. The van der Waals surface area contributed by atoms with Gasteiger partial charge in [-0.05, 0) is 51.0 Å². The Hall–Kier alpha value is -1.69. The first-order valence-corrected chi connectivity index (χ1v) is 10.1. The molecule has 0 spiro atoms. The molecule has 1 saturated heterocycles. The number of nitrogens with zero attached hydrogens (tertiary/aromatic N) is 3. The Morgan fingerprint density at radius 1 is 1.12 bits per heavy atom. The molecule has 1 amide bonds. The van der Waals surface area contributed by atoms with E-state index in [9.17, 15) is 9.59 Å². The van der Waals surface area contributed by atoms with Gasteiger partial charge in [0.1, 0.15) is 0 Å². The van der Waals surface area contributed by atoms with Crippen LogP contribution in [0.5, 0.6) is 0 Å². The molecule has 2 saturated carbocycles. The van der Waals surface area contributed by atoms with E-state index >= 15 is 0 Å². The monoisotopic (exact) mass is 359 g/mol. The van der Waals surface area contributed by atoms with Crippen LogP contribution in [0.25, 0.3) is 0 Å². The Kier molecular flexibility index (Phi) is 5.11. The summed E-state index contributed by atoms with van der Waals surface area (Å²) < 4.78 is 7.14. The van der Waals surface area contributed by atoms with Crippen molar-refractivity contribution >= 4 is 5.91 Å². The lowest BCUT2D eigenvalue weighted by Crippen LogP contribution is -2.45. The van der Waals surface area contributed by atoms with E-state index in [-0.39, 0.29) is 29.5 Å². The fourth-order valence-electron chi connectivity index (χ4n) is 4.47. The summed E-state index contributed by atoms with van der Waals surface area (Å²) >= 11 is 0. The van der Waals surface area contributed by atoms with Crippen LogP contribution in [-0.2, 0) is 9.53 Å². The third kappa shape index (κ3) is 3.70. The van der Waals surface area contributed by atoms with Crippen LogP contribution in [0.4, 0.5) is 0 Å². The third-order valence-corrected chi connectivity index (χ3v) is 6.27. The number of rotatable bonds is 4. The molecule has 0 N–H and O–H groups in total. The average Bonchev–Trinajstić information content (AvgIpc) is 3.53. The van der Waals surface area contributed by atoms with Crippen LogP contribution in [0.1, 0.15) is 69.0 Å². The average molecular weight is 359 g/mol. The summed E-state index contributed by atoms with van der Waals surface area (Å²) in [7, 11) is 1.74. The molecule has 2 heterocycles. The number of hydrogen-bond donors (Lipinski definition) is 0. The predicted molar refractivity (Wildman–Crippen MR) is 98.1 cm³/mol. The van der Waals surface area contributed by atoms with E-state index in [1.165, 1.54) is 12.8 Å². The molecule has 26 heavy (non-hydrogen) atoms. The molecular weight excluding hydrogens is 330 g/mol. The Morgan fingerprint density at radius 3 is 2.58 bits per heavy atom. The van der Waals surface area contributed by atoms with Crippen LogP contribution >= 0.6 is 0 Å². The van der Waals surface area contributed by atoms with Gasteiger partial charge in [0.05, 0.1) is 17.8 Å². The van der Waals surface area contributed by atoms with E-state index in [1.807, 2.05) is 11.0 Å². The number of carbonyl (C=O) groups is 1. The van der Waals surface area contributed by atoms with E-state index in [0.717, 1.165) is 57.3 Å². The van der Waals surface area contributed by atoms with E-state index in [0.29, 0.717) is 5.92 Å². The summed E-state index contributed by atoms with van der Waals surface area (Å²) in [6, 6.07) is 3.65. The first kappa shape index (κ1) is 17.7. The Morgan fingerprint density at radius 2 is 1.88 bits per heavy atom. The Bertz CT molecular complexity index is 704. The molecule has 4 rings (SSSR count). The smallest absolute Gasteiger partial charge is 0.267 e. The van der Waals surface area contributed by atoms with E-state index in [1.54, 1.807) is 17.9 Å². The van der Waals surface area contributed by atoms with E-state index in [4.69, 9.17) is 4.74 Å². The molecule has 0 aromatic carbocycles. The van der Waals surface area contributed by atoms with Crippen LogP contribution in [0, 0.1) is 5.92 Å². The molecule has 6 nitrogen and oxygen atoms in total. The highest BCUT2D eigenvalue weighted by Crippen LogP contribution is 2.38. The summed E-state index contributed by atoms with van der Waals surface area (Å²) in [6.45, 7) is 1.44. The highest BCUT2D eigenvalue weighted by atomic mass is 16.5. The highest BCUT2D eigenvalue weighted by Gasteiger charge is 2.33. The maximum absolute atomic E-state index is 12.9. The van der Waals surface area contributed by atoms with Crippen molar-refractivity contribution in [2.75, 3.05) is 20.2 Å². The van der Waals surface area contributed by atoms with Crippen molar-refractivity contribution < 1.29 is 9.53 Å². The normalized spacial score (nSPS) is 27.5. The number of ether oxygens (including phenoxy) is 1. The number of hydrogen-bond acceptors (Lipinski definition) is 4. The zero-order chi connectivity index (χ0) is 18.1. The van der Waals surface area contributed by atoms with Gasteiger partial charge in [-0.15, -0.1) is 0 Å². The predicted octanol–water partition coefficient (Wildman–Crippen LogP) is 2.49. The van der Waals surface area contributed by atoms with Gasteiger partial charge in [0.25, 0.3) is 5.56 Å². The van der Waals surface area contributed by atoms with Crippen molar-refractivity contribution in [3.63, 3.8) is 0 Å². The van der Waals surface area contributed by atoms with Crippen molar-refractivity contribution in [2.45, 2.75) is 69.4 Å². The number of methoxy groups -OCH3 is 1. The van der Waals surface area contributed by atoms with Crippen LogP contribution in [0.15, 0.2) is 16.9 Å². The van der Waals surface area contributed by atoms with E-state index in [2.05, 4.69) is 5.10 Å². The van der Waals surface area contributed by atoms with Gasteiger partial charge in [-0.2, -0.15) is 5.10 Å². The van der Waals surface area contributed by atoms with Crippen LogP contribution in [-0.4, -0.2) is 46.9 Å². The van der Waals surface area contributed by atoms with Crippen LogP contribution in [0.2, 0.25) is 0 Å². The van der Waals surface area contributed by atoms with Crippen molar-refractivity contribution in [3.05, 3.63) is 28.2 Å². The number of amides is 1. The Labute approximate surface area is 154 Å². The summed E-state index contributed by atoms with van der Waals surface area (Å²) in [5.41, 5.74) is 1.03. The molecule has 2 aliphatic carbocycles. The minimum atomic E-state index is -0.0191. The molecule has 2 atom stereocenters. The first-order valence-electron chi connectivity index (χ1n) is 10.1. The van der Waals surface area contributed by atoms with Crippen LogP contribution < -0.4 is 5.56 Å². The summed E-state index contributed by atoms with van der Waals surface area (Å²) in [4.78, 5) is 27.1. The molecule has 6 heteroatoms. The molecule has 1 aliphatic heterocycles. The molecule has 0 radical (unpaired) electrons. The van der Waals surface area contributed by atoms with Crippen LogP contribution in [0.3, 0.4) is 0 Å². The second kappa shape index (κ2) is 7.51. The van der Waals surface area contributed by atoms with Gasteiger partial charge in [-0.25, -0.2) is 4.68 Å². The van der Waals surface area contributed by atoms with Gasteiger partial charge >= 0.3 is 0 Å². The quantitative estimate of drug-likeness (QED) is 0.828. The lowest BCUT2D eigenvalue weighted by atomic mass is 9.85. The number of carbonyl (C=O) groups excluding carboxylic acids is 1. The topological polar surface area (TPSA) is 64.4 Å². The fraction of sp³-hybridized carbons (Fsp3) is 0.750. The lowest BCUT2D eigenvalue weighted by Gasteiger charge is -2.36. The summed E-state index contributed by atoms with van der Waals surface area (Å²) in [5, 5.41) is 4.62. The molecule has 142 valence electrons. The standard InChI is InChI=1S/C20H29N3O3/c1-26-17-4-2-3-15(13-17)20(25)22-11-9-16(10-12-22)23-19(24)8-7-18(21-23)14-5-6-14/h7-8,14-17H,2-6,9-13H2,1H3. The minimum absolute atomic E-state index is 0.0191. The first-order chi connectivity index (χ1) is 12.7. The number of likely N-dealkylation sites (tertiary alicyclic amines) is 1. The van der Waals surface area contributed by atoms with Crippen molar-refractivity contribution in [1.29, 1.82) is 0 Å². The van der Waals surface area contributed by atoms with Gasteiger partial charge in [-0.3, -0.25) is 9.59 Å². The van der Waals surface area contributed by atoms with Gasteiger partial charge in [0.15, 0.2) is 0 Å². The second-order valence-electron chi connectivity index (χ2n) is 8.09. The molecule has 3 fully saturated rings. The van der Waals surface area contributed by atoms with Crippen molar-refractivity contribution in [1.82, 2.24) is 14.7 Å². The SMILES string of the molecule is COC1CCCC(C(=O)N2CCC(n3nc(C4CC4)ccc3=O)CC2)C1. The number of piperidine rings is 1. The molecule has 1 aromatic rings. The van der Waals surface area contributed by atoms with Gasteiger partial charge in [-0.1, -0.05) is 6.42 Å². The number of aromatic nitrogens is 2. The fourth-order valence-corrected chi connectivity index (χ4v) is 4.47. The van der Waals surface area contributed by atoms with Gasteiger partial charge < -0.3 is 9.64 Å².